The standard InChI is InChI=1S/C17H17F2N3O/c18-10-5-6-15(19)13(7-10)12-8-16(23)21-17-14(12)9-20-22(17)11-3-1-2-4-11/h5-7,9,11-12H,1-4,8H2,(H,21,23)/t12-/m0/s1. The monoisotopic (exact) mass is 317 g/mol. The molecule has 1 aliphatic heterocycles. The molecule has 1 N–H and O–H groups in total. The number of hydrogen-bond acceptors (Lipinski definition) is 2. The van der Waals surface area contributed by atoms with Crippen LogP contribution >= 0.6 is 0 Å². The summed E-state index contributed by atoms with van der Waals surface area (Å²) in [6.07, 6.45) is 6.14. The Labute approximate surface area is 132 Å². The first kappa shape index (κ1) is 14.4. The largest absolute Gasteiger partial charge is 0.311 e. The summed E-state index contributed by atoms with van der Waals surface area (Å²) >= 11 is 0. The van der Waals surface area contributed by atoms with Crippen LogP contribution in [0.1, 0.15) is 55.2 Å². The van der Waals surface area contributed by atoms with Crippen molar-refractivity contribution in [2.75, 3.05) is 5.32 Å². The number of benzene rings is 1. The van der Waals surface area contributed by atoms with Crippen molar-refractivity contribution in [2.45, 2.75) is 44.1 Å². The van der Waals surface area contributed by atoms with E-state index in [9.17, 15) is 13.6 Å². The quantitative estimate of drug-likeness (QED) is 0.917. The van der Waals surface area contributed by atoms with Gasteiger partial charge in [-0.3, -0.25) is 4.79 Å². The number of halogens is 2. The van der Waals surface area contributed by atoms with Crippen LogP contribution in [0.4, 0.5) is 14.6 Å². The third-order valence-corrected chi connectivity index (χ3v) is 4.85. The summed E-state index contributed by atoms with van der Waals surface area (Å²) in [6.45, 7) is 0. The molecular weight excluding hydrogens is 300 g/mol. The first-order valence-corrected chi connectivity index (χ1v) is 7.95. The lowest BCUT2D eigenvalue weighted by molar-refractivity contribution is -0.116. The van der Waals surface area contributed by atoms with Gasteiger partial charge in [0.1, 0.15) is 17.5 Å². The molecule has 120 valence electrons. The number of hydrogen-bond donors (Lipinski definition) is 1. The van der Waals surface area contributed by atoms with Crippen LogP contribution in [0.15, 0.2) is 24.4 Å². The van der Waals surface area contributed by atoms with E-state index in [1.54, 1.807) is 6.20 Å². The van der Waals surface area contributed by atoms with Gasteiger partial charge in [-0.15, -0.1) is 0 Å². The molecule has 0 spiro atoms. The molecule has 1 amide bonds. The minimum absolute atomic E-state index is 0.101. The number of nitrogens with one attached hydrogen (secondary N) is 1. The molecular formula is C17H17F2N3O. The number of aromatic nitrogens is 2. The number of rotatable bonds is 2. The number of amides is 1. The second-order valence-electron chi connectivity index (χ2n) is 6.30. The average molecular weight is 317 g/mol. The highest BCUT2D eigenvalue weighted by Gasteiger charge is 2.33. The number of carbonyl (C=O) groups excluding carboxylic acids is 1. The highest BCUT2D eigenvalue weighted by Crippen LogP contribution is 2.41. The van der Waals surface area contributed by atoms with E-state index in [1.165, 1.54) is 6.07 Å². The second kappa shape index (κ2) is 5.44. The van der Waals surface area contributed by atoms with Crippen LogP contribution in [0, 0.1) is 11.6 Å². The summed E-state index contributed by atoms with van der Waals surface area (Å²) in [5, 5.41) is 7.29. The molecule has 6 heteroatoms. The Balaban J connectivity index is 1.79. The maximum absolute atomic E-state index is 14.2. The summed E-state index contributed by atoms with van der Waals surface area (Å²) in [4.78, 5) is 12.1. The Hall–Kier alpha value is -2.24. The van der Waals surface area contributed by atoms with Gasteiger partial charge in [-0.2, -0.15) is 5.10 Å². The molecule has 4 rings (SSSR count). The highest BCUT2D eigenvalue weighted by molar-refractivity contribution is 5.94. The van der Waals surface area contributed by atoms with Crippen molar-refractivity contribution in [1.82, 2.24) is 9.78 Å². The van der Waals surface area contributed by atoms with Crippen LogP contribution in [0.25, 0.3) is 0 Å². The maximum atomic E-state index is 14.2. The van der Waals surface area contributed by atoms with Gasteiger partial charge in [0.25, 0.3) is 0 Å². The van der Waals surface area contributed by atoms with E-state index in [4.69, 9.17) is 0 Å². The average Bonchev–Trinajstić information content (AvgIpc) is 3.17. The van der Waals surface area contributed by atoms with Crippen molar-refractivity contribution < 1.29 is 13.6 Å². The van der Waals surface area contributed by atoms with Gasteiger partial charge in [-0.05, 0) is 36.6 Å². The molecule has 23 heavy (non-hydrogen) atoms. The molecule has 1 saturated carbocycles. The van der Waals surface area contributed by atoms with Crippen LogP contribution in [-0.2, 0) is 4.79 Å². The SMILES string of the molecule is O=C1C[C@@H](c2cc(F)ccc2F)c2cnn(C3CCCC3)c2N1. The lowest BCUT2D eigenvalue weighted by Gasteiger charge is -2.25. The van der Waals surface area contributed by atoms with Crippen LogP contribution in [0.5, 0.6) is 0 Å². The fourth-order valence-corrected chi connectivity index (χ4v) is 3.72. The molecule has 1 aliphatic carbocycles. The number of nitrogens with zero attached hydrogens (tertiary/aromatic N) is 2. The van der Waals surface area contributed by atoms with E-state index in [-0.39, 0.29) is 23.9 Å². The van der Waals surface area contributed by atoms with Gasteiger partial charge in [-0.25, -0.2) is 13.5 Å². The van der Waals surface area contributed by atoms with Crippen molar-refractivity contribution in [3.05, 3.63) is 47.2 Å². The summed E-state index contributed by atoms with van der Waals surface area (Å²) in [7, 11) is 0. The van der Waals surface area contributed by atoms with Crippen molar-refractivity contribution >= 4 is 11.7 Å². The van der Waals surface area contributed by atoms with Crippen LogP contribution in [-0.4, -0.2) is 15.7 Å². The lowest BCUT2D eigenvalue weighted by atomic mass is 9.87. The van der Waals surface area contributed by atoms with Gasteiger partial charge in [-0.1, -0.05) is 12.8 Å². The minimum Gasteiger partial charge on any atom is -0.311 e. The van der Waals surface area contributed by atoms with Gasteiger partial charge in [0, 0.05) is 17.9 Å². The van der Waals surface area contributed by atoms with Gasteiger partial charge < -0.3 is 5.32 Å². The fourth-order valence-electron chi connectivity index (χ4n) is 3.72. The molecule has 2 aliphatic rings. The molecule has 2 heterocycles. The molecule has 4 nitrogen and oxygen atoms in total. The van der Waals surface area contributed by atoms with E-state index >= 15 is 0 Å². The van der Waals surface area contributed by atoms with Gasteiger partial charge in [0.05, 0.1) is 12.2 Å². The predicted octanol–water partition coefficient (Wildman–Crippen LogP) is 3.75. The van der Waals surface area contributed by atoms with Gasteiger partial charge in [0.2, 0.25) is 5.91 Å². The van der Waals surface area contributed by atoms with Gasteiger partial charge >= 0.3 is 0 Å². The third kappa shape index (κ3) is 2.42. The van der Waals surface area contributed by atoms with Crippen molar-refractivity contribution in [3.8, 4) is 0 Å². The Kier molecular flexibility index (Phi) is 3.39. The Bertz CT molecular complexity index is 765. The van der Waals surface area contributed by atoms with E-state index in [1.807, 2.05) is 4.68 Å². The number of anilines is 1. The molecule has 1 atom stereocenters. The number of fused-ring (bicyclic) bond motifs is 1. The molecule has 0 radical (unpaired) electrons. The van der Waals surface area contributed by atoms with E-state index in [2.05, 4.69) is 10.4 Å². The zero-order valence-corrected chi connectivity index (χ0v) is 12.6. The van der Waals surface area contributed by atoms with Crippen LogP contribution < -0.4 is 5.32 Å². The topological polar surface area (TPSA) is 46.9 Å². The molecule has 1 fully saturated rings. The number of carbonyl (C=O) groups is 1. The van der Waals surface area contributed by atoms with E-state index < -0.39 is 17.6 Å². The second-order valence-corrected chi connectivity index (χ2v) is 6.30. The summed E-state index contributed by atoms with van der Waals surface area (Å²) in [5.41, 5.74) is 0.980. The fraction of sp³-hybridized carbons (Fsp3) is 0.412. The molecule has 2 aromatic rings. The van der Waals surface area contributed by atoms with Gasteiger partial charge in [0.15, 0.2) is 0 Å². The smallest absolute Gasteiger partial charge is 0.226 e. The predicted molar refractivity (Wildman–Crippen MR) is 81.2 cm³/mol. The first-order valence-electron chi connectivity index (χ1n) is 7.95. The normalized spacial score (nSPS) is 21.3. The highest BCUT2D eigenvalue weighted by atomic mass is 19.1. The molecule has 0 saturated heterocycles. The first-order chi connectivity index (χ1) is 11.1. The molecule has 1 aromatic carbocycles. The van der Waals surface area contributed by atoms with Crippen molar-refractivity contribution in [2.24, 2.45) is 0 Å². The third-order valence-electron chi connectivity index (χ3n) is 4.85. The molecule has 0 bridgehead atoms. The van der Waals surface area contributed by atoms with E-state index in [0.29, 0.717) is 5.82 Å². The Morgan fingerprint density at radius 1 is 1.17 bits per heavy atom. The summed E-state index contributed by atoms with van der Waals surface area (Å²) < 4.78 is 29.5. The molecule has 1 aromatic heterocycles. The van der Waals surface area contributed by atoms with Crippen LogP contribution in [0.3, 0.4) is 0 Å². The van der Waals surface area contributed by atoms with E-state index in [0.717, 1.165) is 43.4 Å². The maximum Gasteiger partial charge on any atom is 0.226 e. The van der Waals surface area contributed by atoms with Crippen molar-refractivity contribution in [3.63, 3.8) is 0 Å². The van der Waals surface area contributed by atoms with Crippen LogP contribution in [0.2, 0.25) is 0 Å². The lowest BCUT2D eigenvalue weighted by Crippen LogP contribution is -2.26. The molecule has 0 unspecified atom stereocenters. The minimum atomic E-state index is -0.503. The zero-order chi connectivity index (χ0) is 16.0. The summed E-state index contributed by atoms with van der Waals surface area (Å²) in [5.74, 6) is -1.04. The van der Waals surface area contributed by atoms with Crippen molar-refractivity contribution in [1.29, 1.82) is 0 Å². The summed E-state index contributed by atoms with van der Waals surface area (Å²) in [6, 6.07) is 3.65. The Morgan fingerprint density at radius 2 is 1.96 bits per heavy atom. The Morgan fingerprint density at radius 3 is 2.74 bits per heavy atom. The zero-order valence-electron chi connectivity index (χ0n) is 12.6.